The maximum Gasteiger partial charge on any atom is 0.271 e. The number of amides is 1. The number of nitrogens with one attached hydrogen (secondary N) is 2. The highest BCUT2D eigenvalue weighted by Crippen LogP contribution is 2.23. The maximum absolute atomic E-state index is 12.8. The first-order valence-corrected chi connectivity index (χ1v) is 11.8. The van der Waals surface area contributed by atoms with Crippen molar-refractivity contribution in [1.82, 2.24) is 19.8 Å². The number of sulfonamides is 1. The van der Waals surface area contributed by atoms with Crippen LogP contribution < -0.4 is 4.72 Å². The number of thiophene rings is 1. The molecule has 0 saturated carbocycles. The zero-order chi connectivity index (χ0) is 20.4. The Balaban J connectivity index is 1.37. The zero-order valence-corrected chi connectivity index (χ0v) is 17.7. The van der Waals surface area contributed by atoms with E-state index in [0.717, 1.165) is 5.56 Å². The minimum absolute atomic E-state index is 0.148. The van der Waals surface area contributed by atoms with Crippen LogP contribution in [0.1, 0.15) is 23.3 Å². The Morgan fingerprint density at radius 1 is 1.21 bits per heavy atom. The van der Waals surface area contributed by atoms with Gasteiger partial charge in [-0.25, -0.2) is 13.1 Å². The maximum atomic E-state index is 12.8. The minimum Gasteiger partial charge on any atom is -0.337 e. The predicted molar refractivity (Wildman–Crippen MR) is 113 cm³/mol. The van der Waals surface area contributed by atoms with E-state index < -0.39 is 10.0 Å². The molecule has 2 aromatic heterocycles. The van der Waals surface area contributed by atoms with Gasteiger partial charge in [0.15, 0.2) is 0 Å². The van der Waals surface area contributed by atoms with Crippen molar-refractivity contribution in [3.8, 4) is 11.3 Å². The van der Waals surface area contributed by atoms with Gasteiger partial charge in [0.1, 0.15) is 9.90 Å². The van der Waals surface area contributed by atoms with E-state index in [-0.39, 0.29) is 11.9 Å². The molecule has 4 rings (SSSR count). The summed E-state index contributed by atoms with van der Waals surface area (Å²) < 4.78 is 27.8. The monoisotopic (exact) mass is 450 g/mol. The van der Waals surface area contributed by atoms with Gasteiger partial charge in [-0.15, -0.1) is 11.3 Å². The first-order chi connectivity index (χ1) is 13.9. The topological polar surface area (TPSA) is 95.2 Å². The Morgan fingerprint density at radius 2 is 2.00 bits per heavy atom. The van der Waals surface area contributed by atoms with E-state index >= 15 is 0 Å². The number of carbonyl (C=O) groups is 1. The minimum atomic E-state index is -3.50. The van der Waals surface area contributed by atoms with E-state index in [0.29, 0.717) is 46.6 Å². The first-order valence-electron chi connectivity index (χ1n) is 9.09. The van der Waals surface area contributed by atoms with Crippen LogP contribution in [0.25, 0.3) is 11.3 Å². The van der Waals surface area contributed by atoms with Crippen LogP contribution in [0, 0.1) is 0 Å². The van der Waals surface area contributed by atoms with E-state index in [9.17, 15) is 13.2 Å². The second-order valence-electron chi connectivity index (χ2n) is 6.80. The van der Waals surface area contributed by atoms with Crippen LogP contribution >= 0.6 is 22.9 Å². The van der Waals surface area contributed by atoms with E-state index in [4.69, 9.17) is 11.6 Å². The molecule has 10 heteroatoms. The number of benzene rings is 1. The van der Waals surface area contributed by atoms with Gasteiger partial charge in [-0.2, -0.15) is 5.10 Å². The summed E-state index contributed by atoms with van der Waals surface area (Å²) in [6.45, 7) is 0.948. The molecule has 0 radical (unpaired) electrons. The van der Waals surface area contributed by atoms with E-state index in [1.54, 1.807) is 40.6 Å². The van der Waals surface area contributed by atoms with Crippen molar-refractivity contribution in [1.29, 1.82) is 0 Å². The summed E-state index contributed by atoms with van der Waals surface area (Å²) in [4.78, 5) is 14.5. The van der Waals surface area contributed by atoms with Crippen LogP contribution in [0.3, 0.4) is 0 Å². The van der Waals surface area contributed by atoms with Gasteiger partial charge in [0.05, 0.1) is 5.69 Å². The summed E-state index contributed by atoms with van der Waals surface area (Å²) in [5.41, 5.74) is 1.88. The number of rotatable bonds is 5. The van der Waals surface area contributed by atoms with Gasteiger partial charge in [0.2, 0.25) is 10.0 Å². The number of hydrogen-bond donors (Lipinski definition) is 2. The molecule has 1 saturated heterocycles. The Morgan fingerprint density at radius 3 is 2.69 bits per heavy atom. The number of carbonyl (C=O) groups excluding carboxylic acids is 1. The molecule has 1 aromatic carbocycles. The molecule has 3 aromatic rings. The largest absolute Gasteiger partial charge is 0.337 e. The van der Waals surface area contributed by atoms with Crippen molar-refractivity contribution in [2.75, 3.05) is 13.1 Å². The van der Waals surface area contributed by atoms with Crippen LogP contribution in [0.2, 0.25) is 5.02 Å². The number of likely N-dealkylation sites (tertiary alicyclic amines) is 1. The molecule has 152 valence electrons. The summed E-state index contributed by atoms with van der Waals surface area (Å²) in [5, 5.41) is 9.34. The lowest BCUT2D eigenvalue weighted by molar-refractivity contribution is 0.0705. The van der Waals surface area contributed by atoms with E-state index in [1.807, 2.05) is 12.1 Å². The second-order valence-corrected chi connectivity index (χ2v) is 10.1. The molecule has 1 aliphatic rings. The standard InChI is InChI=1S/C19H19ClN4O3S2/c20-14-4-1-3-13(11-14)16-12-17(22-21-16)19(25)24-8-6-15(7-9-24)23-29(26,27)18-5-2-10-28-18/h1-5,10-12,15,23H,6-9H2,(H,21,22). The van der Waals surface area contributed by atoms with Gasteiger partial charge >= 0.3 is 0 Å². The smallest absolute Gasteiger partial charge is 0.271 e. The molecule has 0 aliphatic carbocycles. The van der Waals surface area contributed by atoms with E-state index in [1.165, 1.54) is 11.3 Å². The number of piperidine rings is 1. The van der Waals surface area contributed by atoms with Gasteiger partial charge in [0, 0.05) is 29.7 Å². The van der Waals surface area contributed by atoms with Crippen LogP contribution in [-0.4, -0.2) is 48.6 Å². The van der Waals surface area contributed by atoms with Gasteiger partial charge in [-0.3, -0.25) is 9.89 Å². The number of aromatic nitrogens is 2. The molecular formula is C19H19ClN4O3S2. The van der Waals surface area contributed by atoms with Gasteiger partial charge in [-0.05, 0) is 42.5 Å². The Kier molecular flexibility index (Phi) is 5.73. The average Bonchev–Trinajstić information content (AvgIpc) is 3.40. The number of halogens is 1. The summed E-state index contributed by atoms with van der Waals surface area (Å²) in [7, 11) is -3.50. The van der Waals surface area contributed by atoms with Crippen LogP contribution in [-0.2, 0) is 10.0 Å². The molecule has 3 heterocycles. The lowest BCUT2D eigenvalue weighted by Gasteiger charge is -2.31. The molecule has 0 bridgehead atoms. The highest BCUT2D eigenvalue weighted by molar-refractivity contribution is 7.91. The Labute approximate surface area is 177 Å². The zero-order valence-electron chi connectivity index (χ0n) is 15.3. The summed E-state index contributed by atoms with van der Waals surface area (Å²) in [5.74, 6) is -0.148. The molecule has 1 amide bonds. The van der Waals surface area contributed by atoms with Crippen LogP contribution in [0.15, 0.2) is 52.1 Å². The fourth-order valence-electron chi connectivity index (χ4n) is 3.29. The molecule has 1 fully saturated rings. The van der Waals surface area contributed by atoms with Crippen molar-refractivity contribution in [2.24, 2.45) is 0 Å². The Hall–Kier alpha value is -2.20. The molecule has 1 aliphatic heterocycles. The van der Waals surface area contributed by atoms with Gasteiger partial charge in [0.25, 0.3) is 5.91 Å². The predicted octanol–water partition coefficient (Wildman–Crippen LogP) is 3.37. The molecule has 29 heavy (non-hydrogen) atoms. The molecule has 2 N–H and O–H groups in total. The molecular weight excluding hydrogens is 432 g/mol. The first kappa shape index (κ1) is 20.1. The van der Waals surface area contributed by atoms with E-state index in [2.05, 4.69) is 14.9 Å². The second kappa shape index (κ2) is 8.27. The van der Waals surface area contributed by atoms with Crippen molar-refractivity contribution >= 4 is 38.9 Å². The summed E-state index contributed by atoms with van der Waals surface area (Å²) in [6.07, 6.45) is 1.12. The average molecular weight is 451 g/mol. The third-order valence-corrected chi connectivity index (χ3v) is 7.95. The van der Waals surface area contributed by atoms with Gasteiger partial charge in [-0.1, -0.05) is 29.8 Å². The normalized spacial score (nSPS) is 15.6. The highest BCUT2D eigenvalue weighted by atomic mass is 35.5. The Bertz CT molecular complexity index is 1100. The number of hydrogen-bond acceptors (Lipinski definition) is 5. The fourth-order valence-corrected chi connectivity index (χ4v) is 5.80. The van der Waals surface area contributed by atoms with Crippen LogP contribution in [0.5, 0.6) is 0 Å². The van der Waals surface area contributed by atoms with Crippen molar-refractivity contribution in [2.45, 2.75) is 23.1 Å². The molecule has 0 spiro atoms. The lowest BCUT2D eigenvalue weighted by Crippen LogP contribution is -2.46. The molecule has 7 nitrogen and oxygen atoms in total. The third kappa shape index (κ3) is 4.53. The van der Waals surface area contributed by atoms with Gasteiger partial charge < -0.3 is 4.90 Å². The fraction of sp³-hybridized carbons (Fsp3) is 0.263. The molecule has 0 atom stereocenters. The number of nitrogens with zero attached hydrogens (tertiary/aromatic N) is 2. The van der Waals surface area contributed by atoms with Crippen LogP contribution in [0.4, 0.5) is 0 Å². The lowest BCUT2D eigenvalue weighted by atomic mass is 10.1. The highest BCUT2D eigenvalue weighted by Gasteiger charge is 2.28. The quantitative estimate of drug-likeness (QED) is 0.623. The third-order valence-electron chi connectivity index (χ3n) is 4.79. The number of H-pyrrole nitrogens is 1. The number of aromatic amines is 1. The molecule has 0 unspecified atom stereocenters. The summed E-state index contributed by atoms with van der Waals surface area (Å²) in [6, 6.07) is 12.1. The summed E-state index contributed by atoms with van der Waals surface area (Å²) >= 11 is 7.20. The van der Waals surface area contributed by atoms with Crippen molar-refractivity contribution in [3.63, 3.8) is 0 Å². The van der Waals surface area contributed by atoms with Crippen molar-refractivity contribution < 1.29 is 13.2 Å². The SMILES string of the molecule is O=C(c1cc(-c2cccc(Cl)c2)n[nH]1)N1CCC(NS(=O)(=O)c2cccs2)CC1. The van der Waals surface area contributed by atoms with Crippen molar-refractivity contribution in [3.05, 3.63) is 58.6 Å².